The fraction of sp³-hybridized carbons (Fsp3) is 0.467. The van der Waals surface area contributed by atoms with Crippen LogP contribution >= 0.6 is 0 Å². The molecule has 0 unspecified atom stereocenters. The van der Waals surface area contributed by atoms with Crippen LogP contribution in [0.15, 0.2) is 23.8 Å². The number of carboxylic acid groups (broad SMARTS) is 1. The van der Waals surface area contributed by atoms with Gasteiger partial charge >= 0.3 is 5.97 Å². The smallest absolute Gasteiger partial charge is 0.335 e. The van der Waals surface area contributed by atoms with Crippen molar-refractivity contribution < 1.29 is 9.90 Å². The van der Waals surface area contributed by atoms with E-state index >= 15 is 0 Å². The number of aromatic nitrogens is 1. The lowest BCUT2D eigenvalue weighted by Crippen LogP contribution is -2.29. The van der Waals surface area contributed by atoms with Gasteiger partial charge in [0, 0.05) is 18.8 Å². The number of anilines is 1. The fourth-order valence-electron chi connectivity index (χ4n) is 2.22. The molecule has 0 spiro atoms. The van der Waals surface area contributed by atoms with E-state index in [1.54, 1.807) is 12.1 Å². The lowest BCUT2D eigenvalue weighted by atomic mass is 10.1. The van der Waals surface area contributed by atoms with E-state index in [4.69, 9.17) is 0 Å². The molecule has 1 aliphatic heterocycles. The van der Waals surface area contributed by atoms with Gasteiger partial charge in [-0.3, -0.25) is 0 Å². The van der Waals surface area contributed by atoms with Gasteiger partial charge in [-0.05, 0) is 31.9 Å². The summed E-state index contributed by atoms with van der Waals surface area (Å²) < 4.78 is 0. The van der Waals surface area contributed by atoms with Crippen LogP contribution in [0.3, 0.4) is 0 Å². The van der Waals surface area contributed by atoms with E-state index in [1.165, 1.54) is 5.57 Å². The lowest BCUT2D eigenvalue weighted by molar-refractivity contribution is 0.0696. The molecule has 0 bridgehead atoms. The van der Waals surface area contributed by atoms with Crippen molar-refractivity contribution in [3.05, 3.63) is 35.0 Å². The first-order valence-electron chi connectivity index (χ1n) is 6.75. The van der Waals surface area contributed by atoms with E-state index in [0.29, 0.717) is 5.56 Å². The number of aryl methyl sites for hydroxylation is 1. The summed E-state index contributed by atoms with van der Waals surface area (Å²) in [6.07, 6.45) is 4.98. The summed E-state index contributed by atoms with van der Waals surface area (Å²) in [6, 6.07) is 3.36. The molecule has 0 atom stereocenters. The van der Waals surface area contributed by atoms with E-state index in [1.807, 2.05) is 0 Å². The molecule has 1 aromatic heterocycles. The van der Waals surface area contributed by atoms with Crippen molar-refractivity contribution in [1.82, 2.24) is 4.98 Å². The maximum Gasteiger partial charge on any atom is 0.335 e. The van der Waals surface area contributed by atoms with Gasteiger partial charge in [0.1, 0.15) is 5.82 Å². The molecule has 1 N–H and O–H groups in total. The Morgan fingerprint density at radius 1 is 1.47 bits per heavy atom. The van der Waals surface area contributed by atoms with Crippen LogP contribution in [0.5, 0.6) is 0 Å². The molecule has 0 amide bonds. The number of hydrogen-bond acceptors (Lipinski definition) is 3. The monoisotopic (exact) mass is 260 g/mol. The Bertz CT molecular complexity index is 509. The van der Waals surface area contributed by atoms with Gasteiger partial charge in [-0.2, -0.15) is 0 Å². The van der Waals surface area contributed by atoms with Crippen molar-refractivity contribution >= 4 is 11.8 Å². The van der Waals surface area contributed by atoms with Crippen LogP contribution in [0.1, 0.15) is 42.7 Å². The van der Waals surface area contributed by atoms with Crippen LogP contribution in [0, 0.1) is 0 Å². The summed E-state index contributed by atoms with van der Waals surface area (Å²) in [4.78, 5) is 17.9. The second kappa shape index (κ2) is 5.87. The molecule has 4 nitrogen and oxygen atoms in total. The van der Waals surface area contributed by atoms with Gasteiger partial charge in [0.05, 0.1) is 5.56 Å². The average molecular weight is 260 g/mol. The highest BCUT2D eigenvalue weighted by Crippen LogP contribution is 2.20. The summed E-state index contributed by atoms with van der Waals surface area (Å²) in [5.74, 6) is -0.100. The predicted molar refractivity (Wildman–Crippen MR) is 75.8 cm³/mol. The van der Waals surface area contributed by atoms with Gasteiger partial charge in [0.2, 0.25) is 0 Å². The summed E-state index contributed by atoms with van der Waals surface area (Å²) in [7, 11) is 0. The van der Waals surface area contributed by atoms with Gasteiger partial charge in [-0.15, -0.1) is 0 Å². The number of carbonyl (C=O) groups is 1. The topological polar surface area (TPSA) is 53.4 Å². The van der Waals surface area contributed by atoms with E-state index in [9.17, 15) is 9.90 Å². The SMILES string of the molecule is CCCc1cc(C(=O)O)cc(N2CC=C(C)CC2)n1. The minimum absolute atomic E-state index is 0.333. The molecule has 0 fully saturated rings. The number of rotatable bonds is 4. The maximum atomic E-state index is 11.2. The third kappa shape index (κ3) is 3.34. The Hall–Kier alpha value is -1.84. The van der Waals surface area contributed by atoms with Crippen LogP contribution in [0.25, 0.3) is 0 Å². The van der Waals surface area contributed by atoms with Crippen molar-refractivity contribution in [3.63, 3.8) is 0 Å². The third-order valence-corrected chi connectivity index (χ3v) is 3.38. The van der Waals surface area contributed by atoms with Crippen molar-refractivity contribution in [2.45, 2.75) is 33.1 Å². The Kier molecular flexibility index (Phi) is 4.20. The van der Waals surface area contributed by atoms with E-state index in [0.717, 1.165) is 43.9 Å². The zero-order valence-electron chi connectivity index (χ0n) is 11.5. The Morgan fingerprint density at radius 2 is 2.26 bits per heavy atom. The molecule has 4 heteroatoms. The first-order valence-corrected chi connectivity index (χ1v) is 6.75. The van der Waals surface area contributed by atoms with E-state index < -0.39 is 5.97 Å². The number of aromatic carboxylic acids is 1. The number of nitrogens with zero attached hydrogens (tertiary/aromatic N) is 2. The lowest BCUT2D eigenvalue weighted by Gasteiger charge is -2.27. The molecule has 0 aromatic carbocycles. The van der Waals surface area contributed by atoms with Crippen LogP contribution in [-0.4, -0.2) is 29.1 Å². The van der Waals surface area contributed by atoms with Gasteiger partial charge in [0.15, 0.2) is 0 Å². The quantitative estimate of drug-likeness (QED) is 0.846. The average Bonchev–Trinajstić information content (AvgIpc) is 2.39. The Morgan fingerprint density at radius 3 is 2.84 bits per heavy atom. The zero-order chi connectivity index (χ0) is 13.8. The van der Waals surface area contributed by atoms with E-state index in [2.05, 4.69) is 29.8 Å². The highest BCUT2D eigenvalue weighted by molar-refractivity contribution is 5.88. The summed E-state index contributed by atoms with van der Waals surface area (Å²) in [6.45, 7) is 5.92. The molecule has 0 saturated heterocycles. The first kappa shape index (κ1) is 13.6. The fourth-order valence-corrected chi connectivity index (χ4v) is 2.22. The molecular formula is C15H20N2O2. The Balaban J connectivity index is 2.31. The van der Waals surface area contributed by atoms with Crippen LogP contribution in [0.2, 0.25) is 0 Å². The molecule has 0 radical (unpaired) electrons. The van der Waals surface area contributed by atoms with Crippen molar-refractivity contribution in [3.8, 4) is 0 Å². The van der Waals surface area contributed by atoms with Gasteiger partial charge < -0.3 is 10.0 Å². The first-order chi connectivity index (χ1) is 9.10. The number of carboxylic acids is 1. The Labute approximate surface area is 113 Å². The summed E-state index contributed by atoms with van der Waals surface area (Å²) in [5.41, 5.74) is 2.59. The van der Waals surface area contributed by atoms with Crippen molar-refractivity contribution in [2.24, 2.45) is 0 Å². The van der Waals surface area contributed by atoms with Crippen molar-refractivity contribution in [1.29, 1.82) is 0 Å². The molecule has 0 aliphatic carbocycles. The maximum absolute atomic E-state index is 11.2. The van der Waals surface area contributed by atoms with E-state index in [-0.39, 0.29) is 0 Å². The van der Waals surface area contributed by atoms with Crippen LogP contribution in [0.4, 0.5) is 5.82 Å². The van der Waals surface area contributed by atoms with Gasteiger partial charge in [-0.25, -0.2) is 9.78 Å². The largest absolute Gasteiger partial charge is 0.478 e. The highest BCUT2D eigenvalue weighted by Gasteiger charge is 2.15. The second-order valence-electron chi connectivity index (χ2n) is 5.01. The summed E-state index contributed by atoms with van der Waals surface area (Å²) >= 11 is 0. The molecule has 0 saturated carbocycles. The minimum Gasteiger partial charge on any atom is -0.478 e. The molecule has 1 aliphatic rings. The highest BCUT2D eigenvalue weighted by atomic mass is 16.4. The number of pyridine rings is 1. The second-order valence-corrected chi connectivity index (χ2v) is 5.01. The van der Waals surface area contributed by atoms with Crippen molar-refractivity contribution in [2.75, 3.05) is 18.0 Å². The van der Waals surface area contributed by atoms with Gasteiger partial charge in [-0.1, -0.05) is 25.0 Å². The normalized spacial score (nSPS) is 15.3. The molecule has 19 heavy (non-hydrogen) atoms. The van der Waals surface area contributed by atoms with Crippen LogP contribution < -0.4 is 4.90 Å². The standard InChI is InChI=1S/C15H20N2O2/c1-3-4-13-9-12(15(18)19)10-14(16-13)17-7-5-11(2)6-8-17/h5,9-10H,3-4,6-8H2,1-2H3,(H,18,19). The molecule has 1 aromatic rings. The third-order valence-electron chi connectivity index (χ3n) is 3.38. The molecule has 2 rings (SSSR count). The van der Waals surface area contributed by atoms with Gasteiger partial charge in [0.25, 0.3) is 0 Å². The predicted octanol–water partition coefficient (Wildman–Crippen LogP) is 2.89. The molecule has 2 heterocycles. The minimum atomic E-state index is -0.885. The zero-order valence-corrected chi connectivity index (χ0v) is 11.5. The summed E-state index contributed by atoms with van der Waals surface area (Å²) in [5, 5.41) is 9.18. The van der Waals surface area contributed by atoms with Crippen LogP contribution in [-0.2, 0) is 6.42 Å². The molecular weight excluding hydrogens is 240 g/mol. The number of hydrogen-bond donors (Lipinski definition) is 1. The molecule has 102 valence electrons.